The number of allylic oxidation sites excluding steroid dienone is 1. The van der Waals surface area contributed by atoms with Crippen LogP contribution in [0.25, 0.3) is 5.57 Å². The van der Waals surface area contributed by atoms with Crippen molar-refractivity contribution in [2.45, 2.75) is 78.0 Å². The summed E-state index contributed by atoms with van der Waals surface area (Å²) in [5, 5.41) is 0. The lowest BCUT2D eigenvalue weighted by molar-refractivity contribution is 0.468. The molecule has 2 aromatic rings. The van der Waals surface area contributed by atoms with Gasteiger partial charge in [-0.15, -0.1) is 11.8 Å². The Bertz CT molecular complexity index is 805. The van der Waals surface area contributed by atoms with E-state index in [1.807, 2.05) is 55.9 Å². The number of hydrogen-bond donors (Lipinski definition) is 0. The minimum absolute atomic E-state index is 0.868. The van der Waals surface area contributed by atoms with Crippen LogP contribution in [0.1, 0.15) is 78.7 Å². The van der Waals surface area contributed by atoms with Gasteiger partial charge in [-0.1, -0.05) is 70.9 Å². The summed E-state index contributed by atoms with van der Waals surface area (Å²) >= 11 is 1.95. The molecule has 0 saturated heterocycles. The van der Waals surface area contributed by atoms with Crippen LogP contribution in [0.2, 0.25) is 0 Å². The van der Waals surface area contributed by atoms with Gasteiger partial charge in [-0.05, 0) is 68.4 Å². The summed E-state index contributed by atoms with van der Waals surface area (Å²) in [6.45, 7) is 17.0. The molecule has 0 spiro atoms. The van der Waals surface area contributed by atoms with Crippen LogP contribution in [0.4, 0.5) is 5.69 Å². The highest BCUT2D eigenvalue weighted by Crippen LogP contribution is 2.45. The first kappa shape index (κ1) is 26.4. The molecule has 2 aromatic carbocycles. The monoisotopic (exact) mass is 453 g/mol. The summed E-state index contributed by atoms with van der Waals surface area (Å²) in [6, 6.07) is 14.8. The highest BCUT2D eigenvalue weighted by Gasteiger charge is 2.24. The van der Waals surface area contributed by atoms with Gasteiger partial charge in [0.25, 0.3) is 0 Å². The average Bonchev–Trinajstić information content (AvgIpc) is 3.65. The smallest absolute Gasteiger partial charge is 0.164 e. The van der Waals surface area contributed by atoms with Gasteiger partial charge in [0.1, 0.15) is 5.75 Å². The number of nitrogens with zero attached hydrogens (tertiary/aromatic N) is 1. The second kappa shape index (κ2) is 14.3. The molecule has 1 saturated carbocycles. The predicted octanol–water partition coefficient (Wildman–Crippen LogP) is 9.45. The van der Waals surface area contributed by atoms with Gasteiger partial charge in [0.2, 0.25) is 0 Å². The Labute approximate surface area is 201 Å². The van der Waals surface area contributed by atoms with E-state index in [-0.39, 0.29) is 0 Å². The SMILES string of the molecule is C=C(C)c1cc(SCC2CC2)c(Oc2ccccc2)c(N(CCCC)CCCC)c1.CC. The topological polar surface area (TPSA) is 12.5 Å². The van der Waals surface area contributed by atoms with E-state index in [0.29, 0.717) is 0 Å². The van der Waals surface area contributed by atoms with Gasteiger partial charge < -0.3 is 9.64 Å². The maximum Gasteiger partial charge on any atom is 0.164 e. The number of unbranched alkanes of at least 4 members (excludes halogenated alkanes) is 2. The first-order chi connectivity index (χ1) is 15.6. The number of hydrogen-bond acceptors (Lipinski definition) is 3. The lowest BCUT2D eigenvalue weighted by Crippen LogP contribution is -2.26. The highest BCUT2D eigenvalue weighted by atomic mass is 32.2. The molecule has 1 fully saturated rings. The molecule has 3 heteroatoms. The zero-order chi connectivity index (χ0) is 23.3. The standard InChI is InChI=1S/C27H37NOS.C2H6/c1-5-7-16-28(17-8-6-2)25-18-23(21(3)4)19-26(30-20-22-14-15-22)27(25)29-24-12-10-9-11-13-24;1-2/h9-13,18-19,22H,3,5-8,14-17,20H2,1-2,4H3;1-2H3. The molecular formula is C29H43NOS. The fourth-order valence-corrected chi connectivity index (χ4v) is 4.66. The van der Waals surface area contributed by atoms with Crippen molar-refractivity contribution in [1.29, 1.82) is 0 Å². The normalized spacial score (nSPS) is 12.7. The third-order valence-corrected chi connectivity index (χ3v) is 6.82. The Balaban J connectivity index is 0.00000176. The molecule has 1 aliphatic carbocycles. The fourth-order valence-electron chi connectivity index (χ4n) is 3.43. The largest absolute Gasteiger partial charge is 0.454 e. The molecular weight excluding hydrogens is 410 g/mol. The quantitative estimate of drug-likeness (QED) is 0.280. The van der Waals surface area contributed by atoms with Crippen LogP contribution in [0.3, 0.4) is 0 Å². The Morgan fingerprint density at radius 1 is 1.03 bits per heavy atom. The fraction of sp³-hybridized carbons (Fsp3) is 0.517. The molecule has 0 unspecified atom stereocenters. The number of ether oxygens (including phenoxy) is 1. The molecule has 0 bridgehead atoms. The van der Waals surface area contributed by atoms with E-state index in [1.165, 1.54) is 60.4 Å². The van der Waals surface area contributed by atoms with Gasteiger partial charge in [0, 0.05) is 18.8 Å². The number of para-hydroxylation sites is 1. The van der Waals surface area contributed by atoms with E-state index in [9.17, 15) is 0 Å². The van der Waals surface area contributed by atoms with Gasteiger partial charge in [0.05, 0.1) is 10.6 Å². The maximum atomic E-state index is 6.58. The van der Waals surface area contributed by atoms with Gasteiger partial charge in [-0.3, -0.25) is 0 Å². The van der Waals surface area contributed by atoms with E-state index < -0.39 is 0 Å². The summed E-state index contributed by atoms with van der Waals surface area (Å²) in [5.41, 5.74) is 3.56. The van der Waals surface area contributed by atoms with Crippen LogP contribution in [0.15, 0.2) is 53.9 Å². The van der Waals surface area contributed by atoms with E-state index in [1.54, 1.807) is 0 Å². The van der Waals surface area contributed by atoms with Crippen molar-refractivity contribution in [2.75, 3.05) is 23.7 Å². The van der Waals surface area contributed by atoms with Gasteiger partial charge in [-0.25, -0.2) is 0 Å². The summed E-state index contributed by atoms with van der Waals surface area (Å²) in [4.78, 5) is 3.79. The van der Waals surface area contributed by atoms with E-state index >= 15 is 0 Å². The molecule has 1 aliphatic rings. The van der Waals surface area contributed by atoms with Gasteiger partial charge >= 0.3 is 0 Å². The van der Waals surface area contributed by atoms with Crippen molar-refractivity contribution in [1.82, 2.24) is 0 Å². The van der Waals surface area contributed by atoms with Crippen molar-refractivity contribution in [3.63, 3.8) is 0 Å². The molecule has 0 aromatic heterocycles. The zero-order valence-electron chi connectivity index (χ0n) is 21.0. The minimum Gasteiger partial charge on any atom is -0.454 e. The number of anilines is 1. The van der Waals surface area contributed by atoms with Crippen LogP contribution in [-0.4, -0.2) is 18.8 Å². The molecule has 176 valence electrons. The summed E-state index contributed by atoms with van der Waals surface area (Å²) in [7, 11) is 0. The minimum atomic E-state index is 0.868. The Morgan fingerprint density at radius 3 is 2.19 bits per heavy atom. The lowest BCUT2D eigenvalue weighted by Gasteiger charge is -2.29. The third kappa shape index (κ3) is 8.24. The second-order valence-corrected chi connectivity index (χ2v) is 9.53. The Morgan fingerprint density at radius 2 is 1.66 bits per heavy atom. The lowest BCUT2D eigenvalue weighted by atomic mass is 10.1. The van der Waals surface area contributed by atoms with Crippen LogP contribution in [-0.2, 0) is 0 Å². The van der Waals surface area contributed by atoms with E-state index in [2.05, 4.69) is 44.4 Å². The predicted molar refractivity (Wildman–Crippen MR) is 144 cm³/mol. The molecule has 0 N–H and O–H groups in total. The molecule has 32 heavy (non-hydrogen) atoms. The van der Waals surface area contributed by atoms with Crippen molar-refractivity contribution < 1.29 is 4.74 Å². The van der Waals surface area contributed by atoms with E-state index in [0.717, 1.165) is 36.1 Å². The number of rotatable bonds is 13. The Kier molecular flexibility index (Phi) is 11.8. The highest BCUT2D eigenvalue weighted by molar-refractivity contribution is 7.99. The number of thioether (sulfide) groups is 1. The first-order valence-corrected chi connectivity index (χ1v) is 13.6. The average molecular weight is 454 g/mol. The van der Waals surface area contributed by atoms with Crippen molar-refractivity contribution >= 4 is 23.0 Å². The molecule has 0 aliphatic heterocycles. The summed E-state index contributed by atoms with van der Waals surface area (Å²) in [6.07, 6.45) is 7.51. The van der Waals surface area contributed by atoms with Crippen LogP contribution >= 0.6 is 11.8 Å². The number of benzene rings is 2. The molecule has 0 amide bonds. The second-order valence-electron chi connectivity index (χ2n) is 8.47. The third-order valence-electron chi connectivity index (χ3n) is 5.57. The summed E-state index contributed by atoms with van der Waals surface area (Å²) < 4.78 is 6.58. The Hall–Kier alpha value is -1.87. The maximum absolute atomic E-state index is 6.58. The van der Waals surface area contributed by atoms with Crippen LogP contribution in [0.5, 0.6) is 11.5 Å². The van der Waals surface area contributed by atoms with Crippen LogP contribution in [0, 0.1) is 5.92 Å². The zero-order valence-corrected chi connectivity index (χ0v) is 21.8. The molecule has 0 radical (unpaired) electrons. The van der Waals surface area contributed by atoms with Crippen molar-refractivity contribution in [3.05, 3.63) is 54.6 Å². The molecule has 3 rings (SSSR count). The van der Waals surface area contributed by atoms with Crippen molar-refractivity contribution in [3.8, 4) is 11.5 Å². The molecule has 0 heterocycles. The van der Waals surface area contributed by atoms with E-state index in [4.69, 9.17) is 4.74 Å². The molecule has 0 atom stereocenters. The van der Waals surface area contributed by atoms with Gasteiger partial charge in [-0.2, -0.15) is 0 Å². The van der Waals surface area contributed by atoms with Gasteiger partial charge in [0.15, 0.2) is 5.75 Å². The van der Waals surface area contributed by atoms with Crippen LogP contribution < -0.4 is 9.64 Å². The first-order valence-electron chi connectivity index (χ1n) is 12.6. The van der Waals surface area contributed by atoms with Crippen molar-refractivity contribution in [2.24, 2.45) is 5.92 Å². The summed E-state index contributed by atoms with van der Waals surface area (Å²) in [5.74, 6) is 3.96. The molecule has 2 nitrogen and oxygen atoms in total.